The van der Waals surface area contributed by atoms with E-state index in [0.717, 1.165) is 21.9 Å². The van der Waals surface area contributed by atoms with Crippen LogP contribution in [0.1, 0.15) is 11.3 Å². The van der Waals surface area contributed by atoms with Crippen molar-refractivity contribution in [2.24, 2.45) is 5.16 Å². The highest BCUT2D eigenvalue weighted by Gasteiger charge is 2.10. The van der Waals surface area contributed by atoms with Gasteiger partial charge in [0.25, 0.3) is 0 Å². The zero-order valence-electron chi connectivity index (χ0n) is 13.0. The van der Waals surface area contributed by atoms with Crippen LogP contribution in [0.3, 0.4) is 0 Å². The molecule has 3 aromatic rings. The van der Waals surface area contributed by atoms with Gasteiger partial charge in [0, 0.05) is 24.0 Å². The molecular weight excluding hydrogens is 334 g/mol. The van der Waals surface area contributed by atoms with Crippen LogP contribution in [0.2, 0.25) is 5.15 Å². The molecule has 3 rings (SSSR count). The standard InChI is InChI=1S/C15H16ClN5OS/c1-10-6-13(19-22-2)21-15(7-14(18-21)23-3)20(10)9-11-4-5-12(16)17-8-11/h4-8H,9H2,1-3H3. The van der Waals surface area contributed by atoms with E-state index >= 15 is 0 Å². The van der Waals surface area contributed by atoms with E-state index in [-0.39, 0.29) is 0 Å². The molecule has 0 spiro atoms. The van der Waals surface area contributed by atoms with Crippen LogP contribution in [0.25, 0.3) is 5.65 Å². The number of pyridine rings is 1. The van der Waals surface area contributed by atoms with Crippen LogP contribution in [-0.4, -0.2) is 32.5 Å². The summed E-state index contributed by atoms with van der Waals surface area (Å²) in [5.74, 6) is 0. The molecule has 6 nitrogen and oxygen atoms in total. The highest BCUT2D eigenvalue weighted by Crippen LogP contribution is 2.17. The van der Waals surface area contributed by atoms with Crippen LogP contribution < -0.4 is 5.49 Å². The lowest BCUT2D eigenvalue weighted by molar-refractivity contribution is 0.196. The van der Waals surface area contributed by atoms with Gasteiger partial charge in [-0.2, -0.15) is 9.61 Å². The number of halogens is 1. The molecule has 3 heterocycles. The second-order valence-corrected chi connectivity index (χ2v) is 6.16. The maximum absolute atomic E-state index is 5.86. The summed E-state index contributed by atoms with van der Waals surface area (Å²) in [5.41, 5.74) is 3.72. The molecule has 0 aliphatic rings. The topological polar surface area (TPSA) is 56.7 Å². The first-order chi connectivity index (χ1) is 11.1. The molecule has 0 N–H and O–H groups in total. The Morgan fingerprint density at radius 3 is 2.83 bits per heavy atom. The van der Waals surface area contributed by atoms with Crippen LogP contribution in [0.5, 0.6) is 0 Å². The number of nitrogens with zero attached hydrogens (tertiary/aromatic N) is 5. The predicted octanol–water partition coefficient (Wildman–Crippen LogP) is 2.72. The minimum absolute atomic E-state index is 0.490. The minimum atomic E-state index is 0.490. The molecule has 23 heavy (non-hydrogen) atoms. The van der Waals surface area contributed by atoms with Crippen LogP contribution in [0, 0.1) is 6.92 Å². The lowest BCUT2D eigenvalue weighted by atomic mass is 10.2. The monoisotopic (exact) mass is 349 g/mol. The van der Waals surface area contributed by atoms with Crippen molar-refractivity contribution in [1.82, 2.24) is 19.2 Å². The van der Waals surface area contributed by atoms with Crippen LogP contribution in [0.15, 0.2) is 40.6 Å². The summed E-state index contributed by atoms with van der Waals surface area (Å²) in [6, 6.07) is 7.74. The maximum Gasteiger partial charge on any atom is 0.196 e. The summed E-state index contributed by atoms with van der Waals surface area (Å²) in [5, 5.41) is 10.0. The van der Waals surface area contributed by atoms with Crippen molar-refractivity contribution in [1.29, 1.82) is 0 Å². The number of hydrogen-bond donors (Lipinski definition) is 0. The normalized spacial score (nSPS) is 12.1. The number of fused-ring (bicyclic) bond motifs is 1. The molecular formula is C15H16ClN5OS. The molecule has 0 bridgehead atoms. The van der Waals surface area contributed by atoms with E-state index in [1.54, 1.807) is 28.5 Å². The fourth-order valence-corrected chi connectivity index (χ4v) is 2.86. The van der Waals surface area contributed by atoms with E-state index < -0.39 is 0 Å². The second kappa shape index (κ2) is 6.64. The molecule has 120 valence electrons. The fourth-order valence-electron chi connectivity index (χ4n) is 2.36. The molecule has 0 aromatic carbocycles. The summed E-state index contributed by atoms with van der Waals surface area (Å²) in [4.78, 5) is 9.07. The van der Waals surface area contributed by atoms with Crippen molar-refractivity contribution >= 4 is 29.0 Å². The third-order valence-electron chi connectivity index (χ3n) is 3.45. The van der Waals surface area contributed by atoms with Crippen LogP contribution >= 0.6 is 23.4 Å². The molecule has 8 heteroatoms. The van der Waals surface area contributed by atoms with Gasteiger partial charge in [-0.15, -0.1) is 11.8 Å². The Labute approximate surface area is 142 Å². The first-order valence-electron chi connectivity index (χ1n) is 6.94. The Balaban J connectivity index is 2.18. The maximum atomic E-state index is 5.86. The number of aromatic nitrogens is 4. The first kappa shape index (κ1) is 15.9. The number of hydrogen-bond acceptors (Lipinski definition) is 5. The lowest BCUT2D eigenvalue weighted by Gasteiger charge is -2.13. The van der Waals surface area contributed by atoms with Crippen molar-refractivity contribution < 1.29 is 4.84 Å². The Hall–Kier alpha value is -1.99. The van der Waals surface area contributed by atoms with Gasteiger partial charge in [0.1, 0.15) is 22.9 Å². The molecule has 0 radical (unpaired) electrons. The van der Waals surface area contributed by atoms with Crippen molar-refractivity contribution in [3.8, 4) is 0 Å². The summed E-state index contributed by atoms with van der Waals surface area (Å²) in [6.07, 6.45) is 3.78. The van der Waals surface area contributed by atoms with Gasteiger partial charge in [-0.25, -0.2) is 4.98 Å². The minimum Gasteiger partial charge on any atom is -0.397 e. The summed E-state index contributed by atoms with van der Waals surface area (Å²) in [7, 11) is 1.53. The lowest BCUT2D eigenvalue weighted by Crippen LogP contribution is -2.22. The Bertz CT molecular complexity index is 901. The van der Waals surface area contributed by atoms with Crippen molar-refractivity contribution in [3.05, 3.63) is 52.4 Å². The van der Waals surface area contributed by atoms with E-state index in [9.17, 15) is 0 Å². The molecule has 0 fully saturated rings. The molecule has 0 aliphatic carbocycles. The van der Waals surface area contributed by atoms with E-state index in [4.69, 9.17) is 16.4 Å². The van der Waals surface area contributed by atoms with E-state index in [1.807, 2.05) is 31.4 Å². The van der Waals surface area contributed by atoms with Crippen molar-refractivity contribution in [2.75, 3.05) is 13.4 Å². The molecule has 0 saturated heterocycles. The Morgan fingerprint density at radius 1 is 1.35 bits per heavy atom. The van der Waals surface area contributed by atoms with Gasteiger partial charge in [-0.1, -0.05) is 22.8 Å². The number of thioether (sulfide) groups is 1. The van der Waals surface area contributed by atoms with Gasteiger partial charge in [-0.05, 0) is 24.8 Å². The Kier molecular flexibility index (Phi) is 4.58. The highest BCUT2D eigenvalue weighted by molar-refractivity contribution is 7.98. The third kappa shape index (κ3) is 3.20. The molecule has 0 unspecified atom stereocenters. The second-order valence-electron chi connectivity index (χ2n) is 4.95. The predicted molar refractivity (Wildman–Crippen MR) is 90.6 cm³/mol. The summed E-state index contributed by atoms with van der Waals surface area (Å²) < 4.78 is 3.94. The largest absolute Gasteiger partial charge is 0.397 e. The van der Waals surface area contributed by atoms with Gasteiger partial charge in [0.15, 0.2) is 5.49 Å². The molecule has 0 saturated carbocycles. The highest BCUT2D eigenvalue weighted by atomic mass is 35.5. The number of aryl methyl sites for hydroxylation is 1. The summed E-state index contributed by atoms with van der Waals surface area (Å²) >= 11 is 7.44. The Morgan fingerprint density at radius 2 is 2.17 bits per heavy atom. The zero-order valence-corrected chi connectivity index (χ0v) is 14.6. The van der Waals surface area contributed by atoms with E-state index in [2.05, 4.69) is 19.8 Å². The van der Waals surface area contributed by atoms with Gasteiger partial charge >= 0.3 is 0 Å². The molecule has 0 amide bonds. The average molecular weight is 350 g/mol. The SMILES string of the molecule is CON=c1cc(C)n(Cc2ccc(Cl)nc2)c2cc(SC)nn12. The summed E-state index contributed by atoms with van der Waals surface area (Å²) in [6.45, 7) is 2.70. The van der Waals surface area contributed by atoms with Gasteiger partial charge < -0.3 is 9.40 Å². The first-order valence-corrected chi connectivity index (χ1v) is 8.54. The van der Waals surface area contributed by atoms with Crippen LogP contribution in [0.4, 0.5) is 0 Å². The van der Waals surface area contributed by atoms with Gasteiger partial charge in [0.2, 0.25) is 0 Å². The van der Waals surface area contributed by atoms with E-state index in [0.29, 0.717) is 17.2 Å². The van der Waals surface area contributed by atoms with Gasteiger partial charge in [-0.3, -0.25) is 0 Å². The van der Waals surface area contributed by atoms with E-state index in [1.165, 1.54) is 7.11 Å². The molecule has 0 atom stereocenters. The fraction of sp³-hybridized carbons (Fsp3) is 0.267. The van der Waals surface area contributed by atoms with Crippen molar-refractivity contribution in [2.45, 2.75) is 18.5 Å². The van der Waals surface area contributed by atoms with Gasteiger partial charge in [0.05, 0.1) is 6.54 Å². The van der Waals surface area contributed by atoms with Crippen LogP contribution in [-0.2, 0) is 11.4 Å². The van der Waals surface area contributed by atoms with Crippen molar-refractivity contribution in [3.63, 3.8) is 0 Å². The molecule has 0 aliphatic heterocycles. The zero-order chi connectivity index (χ0) is 16.4. The smallest absolute Gasteiger partial charge is 0.196 e. The number of rotatable bonds is 4. The third-order valence-corrected chi connectivity index (χ3v) is 4.29. The average Bonchev–Trinajstić information content (AvgIpc) is 2.98. The quantitative estimate of drug-likeness (QED) is 0.413. The molecule has 3 aromatic heterocycles.